The number of benzene rings is 1. The van der Waals surface area contributed by atoms with Gasteiger partial charge in [-0.1, -0.05) is 69.5 Å². The number of alkyl halides is 2. The summed E-state index contributed by atoms with van der Waals surface area (Å²) in [6.07, 6.45) is 2.20. The van der Waals surface area contributed by atoms with Gasteiger partial charge in [-0.25, -0.2) is 0 Å². The van der Waals surface area contributed by atoms with E-state index in [9.17, 15) is 4.79 Å². The van der Waals surface area contributed by atoms with Crippen molar-refractivity contribution >= 4 is 37.6 Å². The van der Waals surface area contributed by atoms with Crippen LogP contribution in [0.15, 0.2) is 24.3 Å². The van der Waals surface area contributed by atoms with Crippen molar-refractivity contribution in [3.8, 4) is 0 Å². The summed E-state index contributed by atoms with van der Waals surface area (Å²) in [5.74, 6) is 0.0630. The van der Waals surface area contributed by atoms with Gasteiger partial charge >= 0.3 is 0 Å². The largest absolute Gasteiger partial charge is 0.292 e. The van der Waals surface area contributed by atoms with Gasteiger partial charge in [0.25, 0.3) is 0 Å². The highest BCUT2D eigenvalue weighted by Gasteiger charge is 2.12. The van der Waals surface area contributed by atoms with Crippen LogP contribution >= 0.6 is 31.9 Å². The lowest BCUT2D eigenvalue weighted by molar-refractivity contribution is 0.101. The molecule has 1 rings (SSSR count). The number of Topliss-reactive ketones (excluding diaryl/α,β-unsaturated/α-hetero) is 1. The van der Waals surface area contributed by atoms with Crippen molar-refractivity contribution in [3.63, 3.8) is 0 Å². The van der Waals surface area contributed by atoms with Crippen molar-refractivity contribution in [1.29, 1.82) is 0 Å². The minimum absolute atomic E-state index is 0.0630. The molecule has 0 saturated carbocycles. The Morgan fingerprint density at radius 3 is 2.29 bits per heavy atom. The van der Waals surface area contributed by atoms with E-state index in [1.807, 2.05) is 24.3 Å². The molecule has 1 nitrogen and oxygen atoms in total. The van der Waals surface area contributed by atoms with E-state index in [0.717, 1.165) is 18.4 Å². The predicted octanol–water partition coefficient (Wildman–Crippen LogP) is 3.94. The molecule has 0 heterocycles. The molecule has 0 unspecified atom stereocenters. The molecule has 0 spiro atoms. The zero-order valence-electron chi connectivity index (χ0n) is 7.97. The van der Waals surface area contributed by atoms with Crippen LogP contribution in [0.4, 0.5) is 0 Å². The first-order chi connectivity index (χ1) is 6.65. The molecule has 0 aliphatic rings. The fourth-order valence-corrected chi connectivity index (χ4v) is 1.78. The molecule has 0 aliphatic heterocycles. The lowest BCUT2D eigenvalue weighted by Gasteiger charge is -2.03. The molecule has 0 amide bonds. The first-order valence-corrected chi connectivity index (χ1v) is 6.39. The number of aryl methyl sites for hydroxylation is 1. The normalized spacial score (nSPS) is 10.6. The predicted molar refractivity (Wildman–Crippen MR) is 66.4 cm³/mol. The van der Waals surface area contributed by atoms with Crippen LogP contribution in [0, 0.1) is 0 Å². The first-order valence-electron chi connectivity index (χ1n) is 4.56. The molecule has 0 fully saturated rings. The van der Waals surface area contributed by atoms with E-state index in [4.69, 9.17) is 0 Å². The third-order valence-electron chi connectivity index (χ3n) is 1.98. The minimum atomic E-state index is -0.285. The van der Waals surface area contributed by atoms with E-state index in [1.165, 1.54) is 5.56 Å². The molecule has 0 aliphatic carbocycles. The molecular weight excluding hydrogens is 308 g/mol. The van der Waals surface area contributed by atoms with Gasteiger partial charge in [-0.15, -0.1) is 0 Å². The molecule has 1 aromatic carbocycles. The number of hydrogen-bond acceptors (Lipinski definition) is 1. The fraction of sp³-hybridized carbons (Fsp3) is 0.364. The van der Waals surface area contributed by atoms with Crippen molar-refractivity contribution in [2.24, 2.45) is 0 Å². The van der Waals surface area contributed by atoms with Gasteiger partial charge in [-0.05, 0) is 12.0 Å². The summed E-state index contributed by atoms with van der Waals surface area (Å²) >= 11 is 6.39. The van der Waals surface area contributed by atoms with Crippen LogP contribution < -0.4 is 0 Å². The molecule has 0 bridgehead atoms. The molecular formula is C11H12Br2O. The number of rotatable bonds is 4. The number of carbonyl (C=O) groups excluding carboxylic acids is 1. The van der Waals surface area contributed by atoms with Gasteiger partial charge < -0.3 is 0 Å². The van der Waals surface area contributed by atoms with Gasteiger partial charge in [0, 0.05) is 5.56 Å². The zero-order valence-corrected chi connectivity index (χ0v) is 11.1. The zero-order chi connectivity index (χ0) is 10.6. The Labute approximate surface area is 101 Å². The molecule has 0 radical (unpaired) electrons. The summed E-state index contributed by atoms with van der Waals surface area (Å²) in [5.41, 5.74) is 2.02. The topological polar surface area (TPSA) is 17.1 Å². The molecule has 3 heteroatoms. The van der Waals surface area contributed by atoms with Crippen molar-refractivity contribution in [2.45, 2.75) is 23.5 Å². The molecule has 0 atom stereocenters. The Balaban J connectivity index is 2.78. The molecule has 14 heavy (non-hydrogen) atoms. The van der Waals surface area contributed by atoms with Crippen LogP contribution in [0.2, 0.25) is 0 Å². The number of carbonyl (C=O) groups is 1. The minimum Gasteiger partial charge on any atom is -0.292 e. The highest BCUT2D eigenvalue weighted by atomic mass is 79.9. The second-order valence-electron chi connectivity index (χ2n) is 3.11. The van der Waals surface area contributed by atoms with Gasteiger partial charge in [0.05, 0.1) is 0 Å². The molecule has 0 saturated heterocycles. The average Bonchev–Trinajstić information content (AvgIpc) is 2.18. The Hall–Kier alpha value is -0.150. The Morgan fingerprint density at radius 2 is 1.86 bits per heavy atom. The maximum Gasteiger partial charge on any atom is 0.187 e. The lowest BCUT2D eigenvalue weighted by atomic mass is 10.1. The van der Waals surface area contributed by atoms with Gasteiger partial charge in [-0.2, -0.15) is 0 Å². The summed E-state index contributed by atoms with van der Waals surface area (Å²) in [4.78, 5) is 11.5. The molecule has 0 aromatic heterocycles. The van der Waals surface area contributed by atoms with Crippen molar-refractivity contribution < 1.29 is 4.79 Å². The van der Waals surface area contributed by atoms with Crippen LogP contribution in [0.25, 0.3) is 0 Å². The van der Waals surface area contributed by atoms with E-state index in [2.05, 4.69) is 38.8 Å². The van der Waals surface area contributed by atoms with Gasteiger partial charge in [0.15, 0.2) is 5.78 Å². The SMILES string of the molecule is CCCc1ccc(C(=O)C(Br)Br)cc1. The molecule has 76 valence electrons. The van der Waals surface area contributed by atoms with Gasteiger partial charge in [0.2, 0.25) is 0 Å². The summed E-state index contributed by atoms with van der Waals surface area (Å²) in [5, 5.41) is 0. The molecule has 0 N–H and O–H groups in total. The number of halogens is 2. The first kappa shape index (κ1) is 11.9. The third-order valence-corrected chi connectivity index (χ3v) is 2.81. The summed E-state index contributed by atoms with van der Waals surface area (Å²) in [6.45, 7) is 2.14. The van der Waals surface area contributed by atoms with E-state index in [0.29, 0.717) is 0 Å². The third kappa shape index (κ3) is 3.21. The maximum atomic E-state index is 11.5. The van der Waals surface area contributed by atoms with E-state index >= 15 is 0 Å². The van der Waals surface area contributed by atoms with Crippen molar-refractivity contribution in [3.05, 3.63) is 35.4 Å². The quantitative estimate of drug-likeness (QED) is 0.607. The van der Waals surface area contributed by atoms with Crippen LogP contribution in [0.5, 0.6) is 0 Å². The van der Waals surface area contributed by atoms with Gasteiger partial charge in [0.1, 0.15) is 3.74 Å². The highest BCUT2D eigenvalue weighted by molar-refractivity contribution is 9.25. The Bertz CT molecular complexity index is 304. The van der Waals surface area contributed by atoms with Gasteiger partial charge in [-0.3, -0.25) is 4.79 Å². The van der Waals surface area contributed by atoms with E-state index < -0.39 is 0 Å². The lowest BCUT2D eigenvalue weighted by Crippen LogP contribution is -2.06. The average molecular weight is 320 g/mol. The van der Waals surface area contributed by atoms with Crippen LogP contribution in [-0.4, -0.2) is 9.52 Å². The fourth-order valence-electron chi connectivity index (χ4n) is 1.25. The monoisotopic (exact) mass is 318 g/mol. The maximum absolute atomic E-state index is 11.5. The van der Waals surface area contributed by atoms with Crippen LogP contribution in [0.1, 0.15) is 29.3 Å². The Morgan fingerprint density at radius 1 is 1.29 bits per heavy atom. The Kier molecular flexibility index (Phi) is 4.82. The van der Waals surface area contributed by atoms with Crippen molar-refractivity contribution in [2.75, 3.05) is 0 Å². The number of hydrogen-bond donors (Lipinski definition) is 0. The van der Waals surface area contributed by atoms with Crippen molar-refractivity contribution in [1.82, 2.24) is 0 Å². The summed E-state index contributed by atoms with van der Waals surface area (Å²) < 4.78 is -0.285. The highest BCUT2D eigenvalue weighted by Crippen LogP contribution is 2.16. The van der Waals surface area contributed by atoms with E-state index in [1.54, 1.807) is 0 Å². The second kappa shape index (κ2) is 5.66. The van der Waals surface area contributed by atoms with Crippen LogP contribution in [-0.2, 0) is 6.42 Å². The standard InChI is InChI=1S/C11H12Br2O/c1-2-3-8-4-6-9(7-5-8)10(14)11(12)13/h4-7,11H,2-3H2,1H3. The smallest absolute Gasteiger partial charge is 0.187 e. The summed E-state index contributed by atoms with van der Waals surface area (Å²) in [7, 11) is 0. The summed E-state index contributed by atoms with van der Waals surface area (Å²) in [6, 6.07) is 7.78. The molecule has 1 aromatic rings. The van der Waals surface area contributed by atoms with Crippen LogP contribution in [0.3, 0.4) is 0 Å². The number of ketones is 1. The van der Waals surface area contributed by atoms with E-state index in [-0.39, 0.29) is 9.52 Å². The second-order valence-corrected chi connectivity index (χ2v) is 6.17.